The highest BCUT2D eigenvalue weighted by molar-refractivity contribution is 6.19. The summed E-state index contributed by atoms with van der Waals surface area (Å²) >= 11 is 0. The van der Waals surface area contributed by atoms with Crippen LogP contribution in [0.25, 0.3) is 0 Å². The van der Waals surface area contributed by atoms with E-state index in [1.165, 1.54) is 0 Å². The van der Waals surface area contributed by atoms with Crippen LogP contribution in [0.1, 0.15) is 6.42 Å². The zero-order valence-corrected chi connectivity index (χ0v) is 9.40. The maximum Gasteiger partial charge on any atom is 0.322 e. The van der Waals surface area contributed by atoms with Gasteiger partial charge in [-0.3, -0.25) is 14.4 Å². The number of nitrogens with one attached hydrogen (secondary N) is 3. The molecule has 2 amide bonds. The van der Waals surface area contributed by atoms with Crippen molar-refractivity contribution in [1.82, 2.24) is 16.0 Å². The highest BCUT2D eigenvalue weighted by Crippen LogP contribution is 2.21. The summed E-state index contributed by atoms with van der Waals surface area (Å²) in [4.78, 5) is 33.6. The van der Waals surface area contributed by atoms with Gasteiger partial charge in [0.1, 0.15) is 17.9 Å². The number of aliphatic carboxylic acids is 1. The third-order valence-electron chi connectivity index (χ3n) is 2.94. The fourth-order valence-corrected chi connectivity index (χ4v) is 2.12. The third kappa shape index (κ3) is 2.14. The van der Waals surface area contributed by atoms with Gasteiger partial charge in [0.2, 0.25) is 0 Å². The first-order valence-corrected chi connectivity index (χ1v) is 5.48. The van der Waals surface area contributed by atoms with Crippen molar-refractivity contribution in [3.8, 4) is 0 Å². The predicted molar refractivity (Wildman–Crippen MR) is 58.6 cm³/mol. The minimum atomic E-state index is -1.23. The Morgan fingerprint density at radius 1 is 1.44 bits per heavy atom. The minimum absolute atomic E-state index is 0.228. The first-order valence-electron chi connectivity index (χ1n) is 5.48. The van der Waals surface area contributed by atoms with Crippen molar-refractivity contribution in [3.63, 3.8) is 0 Å². The van der Waals surface area contributed by atoms with Crippen LogP contribution < -0.4 is 16.0 Å². The molecule has 5 N–H and O–H groups in total. The number of carboxylic acid groups (broad SMARTS) is 1. The quantitative estimate of drug-likeness (QED) is 0.366. The molecule has 2 unspecified atom stereocenters. The number of aliphatic hydroxyl groups is 1. The van der Waals surface area contributed by atoms with E-state index >= 15 is 0 Å². The standard InChI is InChI=1S/C10H13N3O5/c14-5(15)3-12-9(17)6-8(16)7-4(1-2-11-7)13-10(6)18/h4,7,11,16H,1-3H2,(H,12,17)(H,13,18)(H,14,15). The largest absolute Gasteiger partial charge is 0.510 e. The molecule has 0 aromatic heterocycles. The molecule has 0 radical (unpaired) electrons. The van der Waals surface area contributed by atoms with Crippen LogP contribution in [0.15, 0.2) is 11.3 Å². The molecule has 0 aromatic carbocycles. The minimum Gasteiger partial charge on any atom is -0.510 e. The molecular weight excluding hydrogens is 242 g/mol. The van der Waals surface area contributed by atoms with Crippen molar-refractivity contribution in [2.45, 2.75) is 18.5 Å². The van der Waals surface area contributed by atoms with Crippen LogP contribution in [-0.4, -0.2) is 53.2 Å². The number of aliphatic hydroxyl groups excluding tert-OH is 1. The van der Waals surface area contributed by atoms with Crippen molar-refractivity contribution in [1.29, 1.82) is 0 Å². The van der Waals surface area contributed by atoms with Gasteiger partial charge in [0, 0.05) is 0 Å². The maximum absolute atomic E-state index is 11.7. The molecule has 8 nitrogen and oxygen atoms in total. The van der Waals surface area contributed by atoms with Gasteiger partial charge in [-0.05, 0) is 13.0 Å². The van der Waals surface area contributed by atoms with Gasteiger partial charge in [0.05, 0.1) is 12.1 Å². The fraction of sp³-hybridized carbons (Fsp3) is 0.500. The molecule has 0 bridgehead atoms. The lowest BCUT2D eigenvalue weighted by molar-refractivity contribution is -0.138. The number of carbonyl (C=O) groups is 3. The Morgan fingerprint density at radius 3 is 2.83 bits per heavy atom. The molecule has 2 rings (SSSR count). The molecule has 0 aromatic rings. The lowest BCUT2D eigenvalue weighted by Gasteiger charge is -2.27. The van der Waals surface area contributed by atoms with E-state index in [4.69, 9.17) is 5.11 Å². The van der Waals surface area contributed by atoms with Crippen molar-refractivity contribution in [3.05, 3.63) is 11.3 Å². The summed E-state index contributed by atoms with van der Waals surface area (Å²) in [7, 11) is 0. The number of fused-ring (bicyclic) bond motifs is 1. The van der Waals surface area contributed by atoms with E-state index in [2.05, 4.69) is 10.6 Å². The lowest BCUT2D eigenvalue weighted by atomic mass is 9.97. The Morgan fingerprint density at radius 2 is 2.17 bits per heavy atom. The van der Waals surface area contributed by atoms with Gasteiger partial charge in [-0.25, -0.2) is 0 Å². The van der Waals surface area contributed by atoms with Gasteiger partial charge in [-0.2, -0.15) is 0 Å². The summed E-state index contributed by atoms with van der Waals surface area (Å²) in [6.07, 6.45) is 0.671. The first kappa shape index (κ1) is 12.4. The average Bonchev–Trinajstić information content (AvgIpc) is 2.74. The van der Waals surface area contributed by atoms with Crippen LogP contribution in [0.5, 0.6) is 0 Å². The Hall–Kier alpha value is -2.09. The molecule has 0 spiro atoms. The SMILES string of the molecule is O=C(O)CNC(=O)C1=C(O)C2NCCC2NC1=O. The summed E-state index contributed by atoms with van der Waals surface area (Å²) in [5.41, 5.74) is -0.424. The molecule has 2 aliphatic rings. The van der Waals surface area contributed by atoms with E-state index in [0.29, 0.717) is 13.0 Å². The molecular formula is C10H13N3O5. The smallest absolute Gasteiger partial charge is 0.322 e. The number of hydrogen-bond donors (Lipinski definition) is 5. The van der Waals surface area contributed by atoms with Gasteiger partial charge in [0.25, 0.3) is 11.8 Å². The molecule has 18 heavy (non-hydrogen) atoms. The normalized spacial score (nSPS) is 26.6. The summed E-state index contributed by atoms with van der Waals surface area (Å²) in [6.45, 7) is 0.0219. The molecule has 1 fully saturated rings. The van der Waals surface area contributed by atoms with Crippen LogP contribution in [0.4, 0.5) is 0 Å². The van der Waals surface area contributed by atoms with E-state index in [1.807, 2.05) is 5.32 Å². The second kappa shape index (κ2) is 4.65. The molecule has 0 saturated carbocycles. The fourth-order valence-electron chi connectivity index (χ4n) is 2.12. The van der Waals surface area contributed by atoms with Crippen LogP contribution in [-0.2, 0) is 14.4 Å². The second-order valence-corrected chi connectivity index (χ2v) is 4.14. The monoisotopic (exact) mass is 255 g/mol. The summed E-state index contributed by atoms with van der Waals surface area (Å²) < 4.78 is 0. The van der Waals surface area contributed by atoms with Crippen LogP contribution >= 0.6 is 0 Å². The van der Waals surface area contributed by atoms with Gasteiger partial charge in [0.15, 0.2) is 0 Å². The average molecular weight is 255 g/mol. The van der Waals surface area contributed by atoms with E-state index in [9.17, 15) is 19.5 Å². The Bertz CT molecular complexity index is 445. The molecule has 1 saturated heterocycles. The van der Waals surface area contributed by atoms with Crippen molar-refractivity contribution < 1.29 is 24.6 Å². The van der Waals surface area contributed by atoms with Crippen LogP contribution in [0.3, 0.4) is 0 Å². The van der Waals surface area contributed by atoms with Crippen molar-refractivity contribution in [2.24, 2.45) is 0 Å². The van der Waals surface area contributed by atoms with Gasteiger partial charge < -0.3 is 26.2 Å². The van der Waals surface area contributed by atoms with Gasteiger partial charge in [-0.1, -0.05) is 0 Å². The molecule has 2 heterocycles. The number of rotatable bonds is 3. The molecule has 2 aliphatic heterocycles. The first-order chi connectivity index (χ1) is 8.50. The summed E-state index contributed by atoms with van der Waals surface area (Å²) in [5.74, 6) is -3.12. The summed E-state index contributed by atoms with van der Waals surface area (Å²) in [5, 5.41) is 25.9. The highest BCUT2D eigenvalue weighted by atomic mass is 16.4. The van der Waals surface area contributed by atoms with E-state index in [1.54, 1.807) is 0 Å². The zero-order chi connectivity index (χ0) is 13.3. The van der Waals surface area contributed by atoms with Gasteiger partial charge >= 0.3 is 5.97 Å². The van der Waals surface area contributed by atoms with Gasteiger partial charge in [-0.15, -0.1) is 0 Å². The third-order valence-corrected chi connectivity index (χ3v) is 2.94. The van der Waals surface area contributed by atoms with Crippen LogP contribution in [0.2, 0.25) is 0 Å². The molecule has 8 heteroatoms. The van der Waals surface area contributed by atoms with Crippen LogP contribution in [0, 0.1) is 0 Å². The highest BCUT2D eigenvalue weighted by Gasteiger charge is 2.41. The maximum atomic E-state index is 11.7. The number of carboxylic acids is 1. The molecule has 2 atom stereocenters. The van der Waals surface area contributed by atoms with Crippen molar-refractivity contribution in [2.75, 3.05) is 13.1 Å². The zero-order valence-electron chi connectivity index (χ0n) is 9.40. The Labute approximate surface area is 102 Å². The van der Waals surface area contributed by atoms with Crippen molar-refractivity contribution >= 4 is 17.8 Å². The van der Waals surface area contributed by atoms with E-state index in [-0.39, 0.29) is 11.8 Å². The number of hydrogen-bond acceptors (Lipinski definition) is 5. The topological polar surface area (TPSA) is 128 Å². The second-order valence-electron chi connectivity index (χ2n) is 4.14. The molecule has 98 valence electrons. The predicted octanol–water partition coefficient (Wildman–Crippen LogP) is -2.14. The number of carbonyl (C=O) groups excluding carboxylic acids is 2. The number of amides is 2. The molecule has 0 aliphatic carbocycles. The van der Waals surface area contributed by atoms with E-state index < -0.39 is 35.9 Å². The van der Waals surface area contributed by atoms with E-state index in [0.717, 1.165) is 0 Å². The lowest BCUT2D eigenvalue weighted by Crippen LogP contribution is -2.52. The summed E-state index contributed by atoms with van der Waals surface area (Å²) in [6, 6.07) is -0.707. The Balaban J connectivity index is 2.18. The Kier molecular flexibility index (Phi) is 3.19.